The minimum atomic E-state index is -3.35. The molecular formula is C34H34F6O. The maximum Gasteiger partial charge on any atom is 0.387 e. The van der Waals surface area contributed by atoms with E-state index in [1.807, 2.05) is 24.3 Å². The summed E-state index contributed by atoms with van der Waals surface area (Å²) in [7, 11) is 0. The summed E-state index contributed by atoms with van der Waals surface area (Å²) in [5.74, 6) is -4.22. The predicted molar refractivity (Wildman–Crippen MR) is 151 cm³/mol. The second-order valence-corrected chi connectivity index (χ2v) is 10.5. The summed E-state index contributed by atoms with van der Waals surface area (Å²) in [6.45, 7) is -1.17. The van der Waals surface area contributed by atoms with Crippen molar-refractivity contribution in [3.8, 4) is 5.75 Å². The fourth-order valence-corrected chi connectivity index (χ4v) is 5.13. The van der Waals surface area contributed by atoms with E-state index in [2.05, 4.69) is 11.7 Å². The maximum absolute atomic E-state index is 15.3. The van der Waals surface area contributed by atoms with Gasteiger partial charge in [0, 0.05) is 5.39 Å². The zero-order chi connectivity index (χ0) is 29.4. The van der Waals surface area contributed by atoms with E-state index >= 15 is 4.39 Å². The highest BCUT2D eigenvalue weighted by Gasteiger charge is 2.17. The second kappa shape index (κ2) is 14.4. The highest BCUT2D eigenvalue weighted by atomic mass is 19.3. The first-order chi connectivity index (χ1) is 19.7. The quantitative estimate of drug-likeness (QED) is 0.108. The van der Waals surface area contributed by atoms with E-state index in [4.69, 9.17) is 0 Å². The van der Waals surface area contributed by atoms with Gasteiger partial charge in [0.1, 0.15) is 11.6 Å². The van der Waals surface area contributed by atoms with Gasteiger partial charge in [-0.25, -0.2) is 17.6 Å². The summed E-state index contributed by atoms with van der Waals surface area (Å²) < 4.78 is 86.6. The van der Waals surface area contributed by atoms with Crippen LogP contribution in [0.15, 0.2) is 60.7 Å². The number of rotatable bonds is 14. The van der Waals surface area contributed by atoms with Gasteiger partial charge in [-0.1, -0.05) is 75.1 Å². The van der Waals surface area contributed by atoms with E-state index in [-0.39, 0.29) is 24.2 Å². The molecule has 4 rings (SSSR count). The Morgan fingerprint density at radius 1 is 0.585 bits per heavy atom. The molecule has 4 aromatic rings. The lowest BCUT2D eigenvalue weighted by Crippen LogP contribution is -2.06. The van der Waals surface area contributed by atoms with E-state index in [1.54, 1.807) is 24.3 Å². The van der Waals surface area contributed by atoms with Crippen LogP contribution >= 0.6 is 0 Å². The third-order valence-corrected chi connectivity index (χ3v) is 7.42. The first-order valence-corrected chi connectivity index (χ1v) is 14.1. The standard InChI is InChI=1S/C34H34F6O/c1-2-3-4-5-6-7-22-8-12-25(29(35)19-22)13-9-23-11-17-28-27(18-23)16-15-26(32(28)38)14-10-24-20-30(36)33(31(37)21-24)41-34(39)40/h8,11-12,15-21,34H,2-7,9-10,13-14H2,1H3. The molecule has 7 heteroatoms. The fourth-order valence-electron chi connectivity index (χ4n) is 5.13. The molecule has 0 atom stereocenters. The summed E-state index contributed by atoms with van der Waals surface area (Å²) in [4.78, 5) is 0. The Morgan fingerprint density at radius 3 is 1.90 bits per heavy atom. The fraction of sp³-hybridized carbons (Fsp3) is 0.353. The SMILES string of the molecule is CCCCCCCc1ccc(CCc2ccc3c(F)c(CCc4cc(F)c(OC(F)F)c(F)c4)ccc3c2)c(F)c1. The van der Waals surface area contributed by atoms with Crippen molar-refractivity contribution >= 4 is 10.8 Å². The number of unbranched alkanes of at least 4 members (excludes halogenated alkanes) is 4. The molecule has 0 radical (unpaired) electrons. The molecule has 0 fully saturated rings. The van der Waals surface area contributed by atoms with E-state index < -0.39 is 29.8 Å². The summed E-state index contributed by atoms with van der Waals surface area (Å²) in [6, 6.07) is 16.1. The zero-order valence-electron chi connectivity index (χ0n) is 23.1. The molecule has 0 spiro atoms. The topological polar surface area (TPSA) is 9.23 Å². The molecule has 0 aliphatic heterocycles. The van der Waals surface area contributed by atoms with Crippen LogP contribution in [-0.2, 0) is 32.1 Å². The summed E-state index contributed by atoms with van der Waals surface area (Å²) in [5, 5.41) is 1.12. The highest BCUT2D eigenvalue weighted by molar-refractivity contribution is 5.84. The molecular weight excluding hydrogens is 538 g/mol. The number of fused-ring (bicyclic) bond motifs is 1. The smallest absolute Gasteiger partial charge is 0.387 e. The van der Waals surface area contributed by atoms with Gasteiger partial charge in [-0.2, -0.15) is 8.78 Å². The van der Waals surface area contributed by atoms with E-state index in [0.29, 0.717) is 34.7 Å². The zero-order valence-corrected chi connectivity index (χ0v) is 23.1. The van der Waals surface area contributed by atoms with Gasteiger partial charge in [-0.15, -0.1) is 0 Å². The molecule has 4 aromatic carbocycles. The number of benzene rings is 4. The van der Waals surface area contributed by atoms with Crippen molar-refractivity contribution in [2.24, 2.45) is 0 Å². The van der Waals surface area contributed by atoms with Crippen LogP contribution in [0.25, 0.3) is 10.8 Å². The number of alkyl halides is 2. The largest absolute Gasteiger partial charge is 0.429 e. The van der Waals surface area contributed by atoms with Gasteiger partial charge in [0.25, 0.3) is 0 Å². The Morgan fingerprint density at radius 2 is 1.20 bits per heavy atom. The maximum atomic E-state index is 15.3. The number of aryl methyl sites for hydroxylation is 5. The van der Waals surface area contributed by atoms with Gasteiger partial charge >= 0.3 is 6.61 Å². The van der Waals surface area contributed by atoms with Crippen molar-refractivity contribution in [2.75, 3.05) is 0 Å². The first-order valence-electron chi connectivity index (χ1n) is 14.1. The summed E-state index contributed by atoms with van der Waals surface area (Å²) >= 11 is 0. The molecule has 0 saturated heterocycles. The Hall–Kier alpha value is -3.48. The Labute approximate surface area is 237 Å². The van der Waals surface area contributed by atoms with Gasteiger partial charge in [0.2, 0.25) is 0 Å². The lowest BCUT2D eigenvalue weighted by Gasteiger charge is -2.11. The van der Waals surface area contributed by atoms with Gasteiger partial charge in [-0.05, 0) is 89.9 Å². The van der Waals surface area contributed by atoms with E-state index in [1.165, 1.54) is 19.3 Å². The van der Waals surface area contributed by atoms with Crippen molar-refractivity contribution in [3.63, 3.8) is 0 Å². The van der Waals surface area contributed by atoms with Crippen LogP contribution in [0.3, 0.4) is 0 Å². The van der Waals surface area contributed by atoms with Gasteiger partial charge < -0.3 is 4.74 Å². The average molecular weight is 573 g/mol. The molecule has 0 amide bonds. The van der Waals surface area contributed by atoms with Crippen LogP contribution < -0.4 is 4.74 Å². The minimum absolute atomic E-state index is 0.104. The minimum Gasteiger partial charge on any atom is -0.429 e. The molecule has 0 N–H and O–H groups in total. The Bertz CT molecular complexity index is 1440. The van der Waals surface area contributed by atoms with Gasteiger partial charge in [0.05, 0.1) is 0 Å². The van der Waals surface area contributed by atoms with Crippen LogP contribution in [0.4, 0.5) is 26.3 Å². The van der Waals surface area contributed by atoms with Crippen molar-refractivity contribution in [2.45, 2.75) is 77.7 Å². The normalized spacial score (nSPS) is 11.5. The van der Waals surface area contributed by atoms with Crippen molar-refractivity contribution < 1.29 is 31.1 Å². The van der Waals surface area contributed by atoms with Gasteiger partial charge in [0.15, 0.2) is 17.4 Å². The number of ether oxygens (including phenoxy) is 1. The van der Waals surface area contributed by atoms with Gasteiger partial charge in [-0.3, -0.25) is 0 Å². The third-order valence-electron chi connectivity index (χ3n) is 7.42. The summed E-state index contributed by atoms with van der Waals surface area (Å²) in [5.41, 5.74) is 3.20. The third kappa shape index (κ3) is 8.27. The molecule has 0 bridgehead atoms. The number of hydrogen-bond acceptors (Lipinski definition) is 1. The lowest BCUT2D eigenvalue weighted by atomic mass is 9.96. The monoisotopic (exact) mass is 572 g/mol. The molecule has 0 unspecified atom stereocenters. The van der Waals surface area contributed by atoms with Crippen molar-refractivity contribution in [1.29, 1.82) is 0 Å². The second-order valence-electron chi connectivity index (χ2n) is 10.5. The van der Waals surface area contributed by atoms with Crippen LogP contribution in [0.2, 0.25) is 0 Å². The summed E-state index contributed by atoms with van der Waals surface area (Å²) in [6.07, 6.45) is 8.17. The molecule has 0 aliphatic carbocycles. The van der Waals surface area contributed by atoms with E-state index in [0.717, 1.165) is 42.5 Å². The molecule has 1 nitrogen and oxygen atoms in total. The average Bonchev–Trinajstić information content (AvgIpc) is 2.94. The van der Waals surface area contributed by atoms with Crippen molar-refractivity contribution in [1.82, 2.24) is 0 Å². The molecule has 0 aliphatic rings. The van der Waals surface area contributed by atoms with Crippen LogP contribution in [0.5, 0.6) is 5.75 Å². The van der Waals surface area contributed by atoms with Crippen LogP contribution in [0.1, 0.15) is 66.8 Å². The van der Waals surface area contributed by atoms with Crippen molar-refractivity contribution in [3.05, 3.63) is 112 Å². The number of halogens is 6. The lowest BCUT2D eigenvalue weighted by molar-refractivity contribution is -0.0546. The molecule has 0 aromatic heterocycles. The molecule has 0 saturated carbocycles. The van der Waals surface area contributed by atoms with E-state index in [9.17, 15) is 22.0 Å². The van der Waals surface area contributed by atoms with Crippen LogP contribution in [-0.4, -0.2) is 6.61 Å². The molecule has 41 heavy (non-hydrogen) atoms. The molecule has 0 heterocycles. The van der Waals surface area contributed by atoms with Crippen LogP contribution in [0, 0.1) is 23.3 Å². The predicted octanol–water partition coefficient (Wildman–Crippen LogP) is 10.1. The highest BCUT2D eigenvalue weighted by Crippen LogP contribution is 2.28. The Balaban J connectivity index is 1.37. The number of hydrogen-bond donors (Lipinski definition) is 0. The first kappa shape index (κ1) is 30.5. The molecule has 218 valence electrons. The Kier molecular flexibility index (Phi) is 10.7.